The van der Waals surface area contributed by atoms with Crippen LogP contribution in [0.3, 0.4) is 0 Å². The second-order valence-corrected chi connectivity index (χ2v) is 5.50. The molecule has 0 saturated heterocycles. The van der Waals surface area contributed by atoms with E-state index in [4.69, 9.17) is 0 Å². The third kappa shape index (κ3) is 2.83. The quantitative estimate of drug-likeness (QED) is 0.692. The van der Waals surface area contributed by atoms with E-state index in [0.717, 1.165) is 19.3 Å². The first-order valence-electron chi connectivity index (χ1n) is 5.99. The summed E-state index contributed by atoms with van der Waals surface area (Å²) < 4.78 is 4.63. The zero-order valence-corrected chi connectivity index (χ0v) is 10.7. The van der Waals surface area contributed by atoms with E-state index in [2.05, 4.69) is 18.6 Å². The molecule has 3 nitrogen and oxygen atoms in total. The minimum Gasteiger partial charge on any atom is -0.469 e. The Bertz CT molecular complexity index is 281. The van der Waals surface area contributed by atoms with Crippen LogP contribution >= 0.6 is 0 Å². The highest BCUT2D eigenvalue weighted by molar-refractivity contribution is 5.85. The summed E-state index contributed by atoms with van der Waals surface area (Å²) >= 11 is 0. The number of hydrogen-bond acceptors (Lipinski definition) is 3. The van der Waals surface area contributed by atoms with Gasteiger partial charge in [-0.25, -0.2) is 0 Å². The number of methoxy groups -OCH3 is 1. The van der Waals surface area contributed by atoms with Crippen molar-refractivity contribution in [3.8, 4) is 0 Å². The molecule has 3 heteroatoms. The summed E-state index contributed by atoms with van der Waals surface area (Å²) in [7, 11) is 1.40. The molecule has 0 N–H and O–H groups in total. The van der Waals surface area contributed by atoms with E-state index in [9.17, 15) is 9.59 Å². The molecular formula is C13H22O3. The Morgan fingerprint density at radius 2 is 2.06 bits per heavy atom. The van der Waals surface area contributed by atoms with Gasteiger partial charge in [0.15, 0.2) is 0 Å². The molecule has 1 aliphatic rings. The molecule has 0 aromatic carbocycles. The third-order valence-electron chi connectivity index (χ3n) is 3.86. The number of esters is 1. The summed E-state index contributed by atoms with van der Waals surface area (Å²) in [5.74, 6) is 0.496. The number of carbonyl (C=O) groups excluding carboxylic acids is 2. The summed E-state index contributed by atoms with van der Waals surface area (Å²) in [6.45, 7) is 6.16. The molecular weight excluding hydrogens is 204 g/mol. The molecule has 0 spiro atoms. The van der Waals surface area contributed by atoms with Crippen molar-refractivity contribution in [2.75, 3.05) is 7.11 Å². The molecule has 0 heterocycles. The smallest absolute Gasteiger partial charge is 0.305 e. The maximum Gasteiger partial charge on any atom is 0.305 e. The van der Waals surface area contributed by atoms with E-state index in [1.165, 1.54) is 7.11 Å². The molecule has 92 valence electrons. The van der Waals surface area contributed by atoms with Crippen LogP contribution in [0.2, 0.25) is 0 Å². The zero-order valence-electron chi connectivity index (χ0n) is 10.7. The van der Waals surface area contributed by atoms with Crippen LogP contribution in [0.25, 0.3) is 0 Å². The van der Waals surface area contributed by atoms with E-state index in [1.807, 2.05) is 6.92 Å². The standard InChI is InChI=1S/C13H22O3/c1-9-5-6-10(12(9)15)13(2,3)8-7-11(14)16-4/h9-10H,5-8H2,1-4H3. The van der Waals surface area contributed by atoms with Crippen LogP contribution in [0, 0.1) is 17.3 Å². The van der Waals surface area contributed by atoms with Crippen molar-refractivity contribution in [2.45, 2.75) is 46.5 Å². The first-order chi connectivity index (χ1) is 7.38. The van der Waals surface area contributed by atoms with Crippen molar-refractivity contribution >= 4 is 11.8 Å². The van der Waals surface area contributed by atoms with Crippen LogP contribution < -0.4 is 0 Å². The lowest BCUT2D eigenvalue weighted by atomic mass is 9.73. The molecule has 0 radical (unpaired) electrons. The molecule has 1 rings (SSSR count). The molecule has 1 saturated carbocycles. The van der Waals surface area contributed by atoms with Crippen LogP contribution in [-0.4, -0.2) is 18.9 Å². The van der Waals surface area contributed by atoms with Gasteiger partial charge >= 0.3 is 5.97 Å². The summed E-state index contributed by atoms with van der Waals surface area (Å²) in [6.07, 6.45) is 3.09. The number of rotatable bonds is 4. The maximum absolute atomic E-state index is 12.0. The molecule has 0 aromatic rings. The summed E-state index contributed by atoms with van der Waals surface area (Å²) in [5.41, 5.74) is -0.0873. The van der Waals surface area contributed by atoms with E-state index in [0.29, 0.717) is 12.2 Å². The topological polar surface area (TPSA) is 43.4 Å². The van der Waals surface area contributed by atoms with Gasteiger partial charge in [0.25, 0.3) is 0 Å². The van der Waals surface area contributed by atoms with Crippen LogP contribution in [0.15, 0.2) is 0 Å². The lowest BCUT2D eigenvalue weighted by Gasteiger charge is -2.30. The predicted octanol–water partition coefficient (Wildman–Crippen LogP) is 2.58. The number of ketones is 1. The van der Waals surface area contributed by atoms with Gasteiger partial charge in [-0.1, -0.05) is 20.8 Å². The Balaban J connectivity index is 2.56. The van der Waals surface area contributed by atoms with Crippen molar-refractivity contribution in [1.29, 1.82) is 0 Å². The van der Waals surface area contributed by atoms with Crippen molar-refractivity contribution < 1.29 is 14.3 Å². The highest BCUT2D eigenvalue weighted by Gasteiger charge is 2.41. The van der Waals surface area contributed by atoms with Crippen molar-refractivity contribution in [3.05, 3.63) is 0 Å². The van der Waals surface area contributed by atoms with Gasteiger partial charge in [0.2, 0.25) is 0 Å². The second kappa shape index (κ2) is 4.98. The van der Waals surface area contributed by atoms with E-state index in [-0.39, 0.29) is 23.2 Å². The van der Waals surface area contributed by atoms with Crippen molar-refractivity contribution in [2.24, 2.45) is 17.3 Å². The SMILES string of the molecule is COC(=O)CCC(C)(C)C1CCC(C)C1=O. The van der Waals surface area contributed by atoms with E-state index < -0.39 is 0 Å². The van der Waals surface area contributed by atoms with Gasteiger partial charge < -0.3 is 4.74 Å². The average Bonchev–Trinajstić information content (AvgIpc) is 2.57. The monoisotopic (exact) mass is 226 g/mol. The lowest BCUT2D eigenvalue weighted by molar-refractivity contribution is -0.142. The Morgan fingerprint density at radius 3 is 2.50 bits per heavy atom. The number of ether oxygens (including phenoxy) is 1. The van der Waals surface area contributed by atoms with Crippen molar-refractivity contribution in [1.82, 2.24) is 0 Å². The largest absolute Gasteiger partial charge is 0.469 e. The van der Waals surface area contributed by atoms with Crippen LogP contribution in [0.5, 0.6) is 0 Å². The molecule has 0 aliphatic heterocycles. The number of carbonyl (C=O) groups is 2. The Morgan fingerprint density at radius 1 is 1.44 bits per heavy atom. The van der Waals surface area contributed by atoms with Gasteiger partial charge in [0, 0.05) is 18.3 Å². The first-order valence-corrected chi connectivity index (χ1v) is 5.99. The third-order valence-corrected chi connectivity index (χ3v) is 3.86. The highest BCUT2D eigenvalue weighted by Crippen LogP contribution is 2.42. The molecule has 2 unspecified atom stereocenters. The number of hydrogen-bond donors (Lipinski definition) is 0. The highest BCUT2D eigenvalue weighted by atomic mass is 16.5. The van der Waals surface area contributed by atoms with Crippen LogP contribution in [-0.2, 0) is 14.3 Å². The summed E-state index contributed by atoms with van der Waals surface area (Å²) in [4.78, 5) is 23.1. The van der Waals surface area contributed by atoms with Gasteiger partial charge in [-0.2, -0.15) is 0 Å². The Hall–Kier alpha value is -0.860. The normalized spacial score (nSPS) is 25.9. The maximum atomic E-state index is 12.0. The molecule has 0 amide bonds. The zero-order chi connectivity index (χ0) is 12.3. The van der Waals surface area contributed by atoms with Gasteiger partial charge in [0.05, 0.1) is 7.11 Å². The van der Waals surface area contributed by atoms with Crippen LogP contribution in [0.1, 0.15) is 46.5 Å². The summed E-state index contributed by atoms with van der Waals surface area (Å²) in [6, 6.07) is 0. The van der Waals surface area contributed by atoms with E-state index in [1.54, 1.807) is 0 Å². The Kier molecular flexibility index (Phi) is 4.11. The van der Waals surface area contributed by atoms with Gasteiger partial charge in [-0.15, -0.1) is 0 Å². The van der Waals surface area contributed by atoms with Gasteiger partial charge in [-0.05, 0) is 24.7 Å². The molecule has 0 aromatic heterocycles. The van der Waals surface area contributed by atoms with Gasteiger partial charge in [-0.3, -0.25) is 9.59 Å². The van der Waals surface area contributed by atoms with Crippen molar-refractivity contribution in [3.63, 3.8) is 0 Å². The minimum atomic E-state index is -0.188. The summed E-state index contributed by atoms with van der Waals surface area (Å²) in [5, 5.41) is 0. The van der Waals surface area contributed by atoms with Crippen LogP contribution in [0.4, 0.5) is 0 Å². The fraction of sp³-hybridized carbons (Fsp3) is 0.846. The Labute approximate surface area is 97.5 Å². The van der Waals surface area contributed by atoms with Gasteiger partial charge in [0.1, 0.15) is 5.78 Å². The first kappa shape index (κ1) is 13.2. The fourth-order valence-electron chi connectivity index (χ4n) is 2.52. The fourth-order valence-corrected chi connectivity index (χ4v) is 2.52. The number of Topliss-reactive ketones (excluding diaryl/α,β-unsaturated/α-hetero) is 1. The van der Waals surface area contributed by atoms with E-state index >= 15 is 0 Å². The predicted molar refractivity (Wildman–Crippen MR) is 61.9 cm³/mol. The second-order valence-electron chi connectivity index (χ2n) is 5.50. The molecule has 2 atom stereocenters. The average molecular weight is 226 g/mol. The molecule has 16 heavy (non-hydrogen) atoms. The lowest BCUT2D eigenvalue weighted by Crippen LogP contribution is -2.29. The minimum absolute atomic E-state index is 0.0873. The molecule has 1 aliphatic carbocycles. The molecule has 0 bridgehead atoms. The molecule has 1 fully saturated rings.